The van der Waals surface area contributed by atoms with Crippen molar-refractivity contribution >= 4 is 34.8 Å². The van der Waals surface area contributed by atoms with Gasteiger partial charge in [-0.1, -0.05) is 24.3 Å². The van der Waals surface area contributed by atoms with Gasteiger partial charge in [-0.15, -0.1) is 0 Å². The van der Waals surface area contributed by atoms with E-state index in [2.05, 4.69) is 44.6 Å². The van der Waals surface area contributed by atoms with E-state index in [1.165, 1.54) is 17.7 Å². The summed E-state index contributed by atoms with van der Waals surface area (Å²) in [6.07, 6.45) is -1.47. The smallest absolute Gasteiger partial charge is 0.324 e. The van der Waals surface area contributed by atoms with Crippen molar-refractivity contribution in [3.8, 4) is 0 Å². The van der Waals surface area contributed by atoms with Gasteiger partial charge in [0.25, 0.3) is 5.91 Å². The number of alkyl halides is 3. The number of amides is 2. The quantitative estimate of drug-likeness (QED) is 0.248. The Morgan fingerprint density at radius 2 is 1.69 bits per heavy atom. The number of piperazine rings is 1. The predicted molar refractivity (Wildman–Crippen MR) is 177 cm³/mol. The second-order valence-corrected chi connectivity index (χ2v) is 13.0. The van der Waals surface area contributed by atoms with E-state index in [-0.39, 0.29) is 18.0 Å². The first-order chi connectivity index (χ1) is 23.0. The summed E-state index contributed by atoms with van der Waals surface area (Å²) in [5, 5.41) is 5.99. The molecule has 0 radical (unpaired) electrons. The lowest BCUT2D eigenvalue weighted by Gasteiger charge is -2.34. The fourth-order valence-electron chi connectivity index (χ4n) is 6.47. The van der Waals surface area contributed by atoms with E-state index < -0.39 is 23.1 Å². The summed E-state index contributed by atoms with van der Waals surface area (Å²) in [4.78, 5) is 42.9. The van der Waals surface area contributed by atoms with E-state index in [4.69, 9.17) is 4.98 Å². The highest BCUT2D eigenvalue weighted by molar-refractivity contribution is 6.07. The molecule has 1 saturated heterocycles. The van der Waals surface area contributed by atoms with E-state index >= 15 is 0 Å². The molecule has 248 valence electrons. The van der Waals surface area contributed by atoms with Crippen LogP contribution in [0.15, 0.2) is 72.9 Å². The predicted octanol–water partition coefficient (Wildman–Crippen LogP) is 6.13. The van der Waals surface area contributed by atoms with Gasteiger partial charge in [0, 0.05) is 67.1 Å². The number of aryl methyl sites for hydroxylation is 1. The summed E-state index contributed by atoms with van der Waals surface area (Å²) in [6, 6.07) is 17.7. The molecule has 3 aliphatic rings. The van der Waals surface area contributed by atoms with Gasteiger partial charge in [-0.3, -0.25) is 14.5 Å². The fraction of sp³-hybridized carbons (Fsp3) is 0.333. The number of nitrogens with one attached hydrogen (secondary N) is 2. The van der Waals surface area contributed by atoms with Crippen LogP contribution in [0.25, 0.3) is 0 Å². The molecule has 1 spiro atoms. The van der Waals surface area contributed by atoms with Crippen molar-refractivity contribution in [2.24, 2.45) is 0 Å². The largest absolute Gasteiger partial charge is 0.416 e. The van der Waals surface area contributed by atoms with Crippen molar-refractivity contribution in [3.63, 3.8) is 0 Å². The number of hydrogen-bond acceptors (Lipinski definition) is 7. The topological polar surface area (TPSA) is 93.7 Å². The number of hydrogen-bond donors (Lipinski definition) is 2. The molecule has 7 rings (SSSR count). The highest BCUT2D eigenvalue weighted by Crippen LogP contribution is 2.53. The molecule has 3 heterocycles. The molecule has 48 heavy (non-hydrogen) atoms. The summed E-state index contributed by atoms with van der Waals surface area (Å²) in [5.74, 6) is -0.316. The number of aromatic nitrogens is 2. The van der Waals surface area contributed by atoms with E-state index in [9.17, 15) is 22.8 Å². The minimum atomic E-state index is -4.56. The SMILES string of the molecule is Cc1ccc(NC(=O)c2cccc(C(F)(F)F)c2)cc1N1Cc2cnc(Nc3ccc(CN4CCN(C)CC4)cc3)nc2C2(CC2)C1=O. The van der Waals surface area contributed by atoms with Gasteiger partial charge >= 0.3 is 6.18 Å². The van der Waals surface area contributed by atoms with Crippen LogP contribution in [0.3, 0.4) is 0 Å². The summed E-state index contributed by atoms with van der Waals surface area (Å²) in [6.45, 7) is 7.31. The Balaban J connectivity index is 1.07. The van der Waals surface area contributed by atoms with Gasteiger partial charge in [0.05, 0.1) is 23.2 Å². The minimum Gasteiger partial charge on any atom is -0.324 e. The Hall–Kier alpha value is -4.81. The van der Waals surface area contributed by atoms with Gasteiger partial charge in [0.2, 0.25) is 11.9 Å². The monoisotopic (exact) mass is 655 g/mol. The number of halogens is 3. The first-order valence-electron chi connectivity index (χ1n) is 16.0. The van der Waals surface area contributed by atoms with Crippen LogP contribution in [0, 0.1) is 6.92 Å². The Morgan fingerprint density at radius 3 is 2.40 bits per heavy atom. The first-order valence-corrected chi connectivity index (χ1v) is 16.0. The van der Waals surface area contributed by atoms with Gasteiger partial charge in [-0.25, -0.2) is 9.97 Å². The van der Waals surface area contributed by atoms with Crippen molar-refractivity contribution in [2.75, 3.05) is 48.8 Å². The number of rotatable bonds is 7. The van der Waals surface area contributed by atoms with E-state index in [0.717, 1.165) is 67.4 Å². The number of benzene rings is 3. The van der Waals surface area contributed by atoms with Crippen molar-refractivity contribution < 1.29 is 22.8 Å². The molecule has 2 amide bonds. The average molecular weight is 656 g/mol. The van der Waals surface area contributed by atoms with Gasteiger partial charge in [0.15, 0.2) is 0 Å². The lowest BCUT2D eigenvalue weighted by molar-refractivity contribution is -0.137. The molecule has 0 unspecified atom stereocenters. The number of fused-ring (bicyclic) bond motifs is 2. The fourth-order valence-corrected chi connectivity index (χ4v) is 6.47. The molecule has 12 heteroatoms. The molecule has 1 saturated carbocycles. The molecule has 0 bridgehead atoms. The van der Waals surface area contributed by atoms with Gasteiger partial charge in [-0.2, -0.15) is 13.2 Å². The van der Waals surface area contributed by atoms with E-state index in [0.29, 0.717) is 30.2 Å². The van der Waals surface area contributed by atoms with Gasteiger partial charge < -0.3 is 20.4 Å². The first kappa shape index (κ1) is 31.8. The number of carbonyl (C=O) groups is 2. The summed E-state index contributed by atoms with van der Waals surface area (Å²) >= 11 is 0. The molecular formula is C36H36F3N7O2. The lowest BCUT2D eigenvalue weighted by atomic mass is 9.91. The Kier molecular flexibility index (Phi) is 8.16. The van der Waals surface area contributed by atoms with Crippen LogP contribution in [-0.2, 0) is 29.5 Å². The minimum absolute atomic E-state index is 0.0719. The normalized spacial score (nSPS) is 17.7. The standard InChI is InChI=1S/C36H36F3N7O2/c1-23-6-9-29(41-32(47)25-4-3-5-27(18-25)36(37,38)39)19-30(23)46-22-26-20-40-34(43-31(26)35(12-13-35)33(46)48)42-28-10-7-24(8-11-28)21-45-16-14-44(2)15-17-45/h3-11,18-20H,12-17,21-22H2,1-2H3,(H,41,47)(H,40,42,43). The van der Waals surface area contributed by atoms with Crippen LogP contribution in [0.5, 0.6) is 0 Å². The third kappa shape index (κ3) is 6.37. The summed E-state index contributed by atoms with van der Waals surface area (Å²) in [5.41, 5.74) is 3.72. The molecule has 4 aromatic rings. The highest BCUT2D eigenvalue weighted by Gasteiger charge is 2.58. The van der Waals surface area contributed by atoms with Crippen LogP contribution < -0.4 is 15.5 Å². The molecular weight excluding hydrogens is 619 g/mol. The molecule has 9 nitrogen and oxygen atoms in total. The van der Waals surface area contributed by atoms with Crippen LogP contribution in [0.1, 0.15) is 51.1 Å². The Bertz CT molecular complexity index is 1870. The molecule has 2 fully saturated rings. The number of nitrogens with zero attached hydrogens (tertiary/aromatic N) is 5. The zero-order valence-corrected chi connectivity index (χ0v) is 26.8. The second-order valence-electron chi connectivity index (χ2n) is 13.0. The van der Waals surface area contributed by atoms with Gasteiger partial charge in [-0.05, 0) is 80.4 Å². The summed E-state index contributed by atoms with van der Waals surface area (Å²) in [7, 11) is 2.15. The lowest BCUT2D eigenvalue weighted by Crippen LogP contribution is -2.45. The molecule has 0 atom stereocenters. The maximum absolute atomic E-state index is 14.0. The van der Waals surface area contributed by atoms with E-state index in [1.54, 1.807) is 29.3 Å². The number of likely N-dealkylation sites (N-methyl/N-ethyl adjacent to an activating group) is 1. The third-order valence-corrected chi connectivity index (χ3v) is 9.47. The Morgan fingerprint density at radius 1 is 0.958 bits per heavy atom. The Labute approximate surface area is 276 Å². The van der Waals surface area contributed by atoms with Crippen LogP contribution in [0.4, 0.5) is 36.2 Å². The molecule has 2 aliphatic heterocycles. The van der Waals surface area contributed by atoms with Crippen molar-refractivity contribution in [1.29, 1.82) is 0 Å². The maximum atomic E-state index is 14.0. The molecule has 1 aromatic heterocycles. The highest BCUT2D eigenvalue weighted by atomic mass is 19.4. The number of anilines is 4. The summed E-state index contributed by atoms with van der Waals surface area (Å²) < 4.78 is 39.6. The maximum Gasteiger partial charge on any atom is 0.416 e. The van der Waals surface area contributed by atoms with Crippen molar-refractivity contribution in [2.45, 2.75) is 44.4 Å². The molecule has 2 N–H and O–H groups in total. The van der Waals surface area contributed by atoms with Crippen LogP contribution >= 0.6 is 0 Å². The van der Waals surface area contributed by atoms with E-state index in [1.807, 2.05) is 19.1 Å². The van der Waals surface area contributed by atoms with Crippen LogP contribution in [-0.4, -0.2) is 64.8 Å². The van der Waals surface area contributed by atoms with Crippen molar-refractivity contribution in [1.82, 2.24) is 19.8 Å². The number of carbonyl (C=O) groups excluding carboxylic acids is 2. The average Bonchev–Trinajstić information content (AvgIpc) is 3.87. The van der Waals surface area contributed by atoms with Gasteiger partial charge in [0.1, 0.15) is 0 Å². The zero-order valence-electron chi connectivity index (χ0n) is 26.8. The zero-order chi connectivity index (χ0) is 33.6. The molecule has 1 aliphatic carbocycles. The second kappa shape index (κ2) is 12.3. The molecule has 3 aromatic carbocycles. The third-order valence-electron chi connectivity index (χ3n) is 9.47. The van der Waals surface area contributed by atoms with Crippen molar-refractivity contribution in [3.05, 3.63) is 106 Å². The van der Waals surface area contributed by atoms with Crippen LogP contribution in [0.2, 0.25) is 0 Å².